The van der Waals surface area contributed by atoms with E-state index in [1.807, 2.05) is 37.3 Å². The fraction of sp³-hybridized carbons (Fsp3) is 0.143. The van der Waals surface area contributed by atoms with E-state index in [0.717, 1.165) is 10.0 Å². The van der Waals surface area contributed by atoms with Crippen molar-refractivity contribution in [2.24, 2.45) is 0 Å². The SMILES string of the molecule is Cc1ccc(CC(=O)Nc2cc(Br)ccn2)cc1. The van der Waals surface area contributed by atoms with E-state index in [1.54, 1.807) is 12.3 Å². The number of pyridine rings is 1. The number of carbonyl (C=O) groups excluding carboxylic acids is 1. The Morgan fingerprint density at radius 1 is 1.28 bits per heavy atom. The summed E-state index contributed by atoms with van der Waals surface area (Å²) in [5.74, 6) is 0.492. The van der Waals surface area contributed by atoms with Gasteiger partial charge in [0.15, 0.2) is 0 Å². The fourth-order valence-electron chi connectivity index (χ4n) is 1.55. The number of hydrogen-bond donors (Lipinski definition) is 1. The van der Waals surface area contributed by atoms with E-state index in [2.05, 4.69) is 26.2 Å². The molecule has 1 aromatic heterocycles. The number of anilines is 1. The van der Waals surface area contributed by atoms with Gasteiger partial charge in [-0.3, -0.25) is 4.79 Å². The molecule has 1 heterocycles. The summed E-state index contributed by atoms with van der Waals surface area (Å²) in [7, 11) is 0. The molecule has 0 bridgehead atoms. The van der Waals surface area contributed by atoms with E-state index in [0.29, 0.717) is 12.2 Å². The number of amides is 1. The molecule has 0 radical (unpaired) electrons. The van der Waals surface area contributed by atoms with Gasteiger partial charge in [0.1, 0.15) is 5.82 Å². The van der Waals surface area contributed by atoms with Crippen molar-refractivity contribution in [1.29, 1.82) is 0 Å². The highest BCUT2D eigenvalue weighted by Crippen LogP contribution is 2.13. The van der Waals surface area contributed by atoms with Crippen LogP contribution in [0.4, 0.5) is 5.82 Å². The van der Waals surface area contributed by atoms with Crippen LogP contribution in [0.2, 0.25) is 0 Å². The largest absolute Gasteiger partial charge is 0.310 e. The van der Waals surface area contributed by atoms with Gasteiger partial charge in [-0.25, -0.2) is 4.98 Å². The van der Waals surface area contributed by atoms with Crippen molar-refractivity contribution in [3.63, 3.8) is 0 Å². The van der Waals surface area contributed by atoms with Gasteiger partial charge in [-0.15, -0.1) is 0 Å². The van der Waals surface area contributed by atoms with Crippen molar-refractivity contribution < 1.29 is 4.79 Å². The topological polar surface area (TPSA) is 42.0 Å². The maximum Gasteiger partial charge on any atom is 0.229 e. The summed E-state index contributed by atoms with van der Waals surface area (Å²) in [5, 5.41) is 2.77. The van der Waals surface area contributed by atoms with Crippen LogP contribution in [0.1, 0.15) is 11.1 Å². The second kappa shape index (κ2) is 5.78. The van der Waals surface area contributed by atoms with Crippen molar-refractivity contribution in [1.82, 2.24) is 4.98 Å². The smallest absolute Gasteiger partial charge is 0.229 e. The highest BCUT2D eigenvalue weighted by atomic mass is 79.9. The molecule has 4 heteroatoms. The number of aryl methyl sites for hydroxylation is 1. The van der Waals surface area contributed by atoms with Crippen LogP contribution in [0.25, 0.3) is 0 Å². The lowest BCUT2D eigenvalue weighted by Crippen LogP contribution is -2.15. The Balaban J connectivity index is 1.98. The Morgan fingerprint density at radius 2 is 2.00 bits per heavy atom. The number of aromatic nitrogens is 1. The lowest BCUT2D eigenvalue weighted by Gasteiger charge is -2.05. The number of nitrogens with one attached hydrogen (secondary N) is 1. The third-order valence-corrected chi connectivity index (χ3v) is 2.97. The van der Waals surface area contributed by atoms with Crippen molar-refractivity contribution >= 4 is 27.7 Å². The summed E-state index contributed by atoms with van der Waals surface area (Å²) >= 11 is 3.34. The van der Waals surface area contributed by atoms with Crippen LogP contribution < -0.4 is 5.32 Å². The zero-order valence-corrected chi connectivity index (χ0v) is 11.6. The lowest BCUT2D eigenvalue weighted by atomic mass is 10.1. The van der Waals surface area contributed by atoms with Crippen molar-refractivity contribution in [3.05, 3.63) is 58.2 Å². The third kappa shape index (κ3) is 3.67. The normalized spacial score (nSPS) is 10.1. The quantitative estimate of drug-likeness (QED) is 0.945. The summed E-state index contributed by atoms with van der Waals surface area (Å²) in [6.07, 6.45) is 2.00. The van der Waals surface area contributed by atoms with Crippen LogP contribution in [-0.4, -0.2) is 10.9 Å². The van der Waals surface area contributed by atoms with Gasteiger partial charge in [0.05, 0.1) is 6.42 Å². The van der Waals surface area contributed by atoms with Gasteiger partial charge in [0.25, 0.3) is 0 Å². The van der Waals surface area contributed by atoms with E-state index in [1.165, 1.54) is 5.56 Å². The molecule has 0 saturated heterocycles. The van der Waals surface area contributed by atoms with Crippen LogP contribution >= 0.6 is 15.9 Å². The van der Waals surface area contributed by atoms with Crippen molar-refractivity contribution in [2.45, 2.75) is 13.3 Å². The Hall–Kier alpha value is -1.68. The summed E-state index contributed by atoms with van der Waals surface area (Å²) in [4.78, 5) is 15.9. The Kier molecular flexibility index (Phi) is 4.10. The van der Waals surface area contributed by atoms with Gasteiger partial charge in [-0.2, -0.15) is 0 Å². The molecule has 0 aliphatic carbocycles. The molecule has 0 aliphatic heterocycles. The molecule has 0 spiro atoms. The van der Waals surface area contributed by atoms with E-state index < -0.39 is 0 Å². The fourth-order valence-corrected chi connectivity index (χ4v) is 1.89. The van der Waals surface area contributed by atoms with E-state index in [9.17, 15) is 4.79 Å². The number of hydrogen-bond acceptors (Lipinski definition) is 2. The average molecular weight is 305 g/mol. The maximum atomic E-state index is 11.8. The summed E-state index contributed by atoms with van der Waals surface area (Å²) in [6.45, 7) is 2.02. The summed E-state index contributed by atoms with van der Waals surface area (Å²) < 4.78 is 0.892. The minimum absolute atomic E-state index is 0.0653. The summed E-state index contributed by atoms with van der Waals surface area (Å²) in [6, 6.07) is 11.5. The highest BCUT2D eigenvalue weighted by molar-refractivity contribution is 9.10. The molecule has 0 atom stereocenters. The molecule has 0 fully saturated rings. The highest BCUT2D eigenvalue weighted by Gasteiger charge is 2.04. The molecular formula is C14H13BrN2O. The van der Waals surface area contributed by atoms with Gasteiger partial charge in [-0.05, 0) is 24.6 Å². The predicted molar refractivity (Wildman–Crippen MR) is 75.4 cm³/mol. The van der Waals surface area contributed by atoms with Gasteiger partial charge >= 0.3 is 0 Å². The predicted octanol–water partition coefficient (Wildman–Crippen LogP) is 3.33. The second-order valence-corrected chi connectivity index (χ2v) is 4.99. The minimum Gasteiger partial charge on any atom is -0.310 e. The molecule has 2 rings (SSSR count). The third-order valence-electron chi connectivity index (χ3n) is 2.47. The number of nitrogens with zero attached hydrogens (tertiary/aromatic N) is 1. The molecular weight excluding hydrogens is 292 g/mol. The zero-order valence-electron chi connectivity index (χ0n) is 9.98. The number of rotatable bonds is 3. The van der Waals surface area contributed by atoms with Gasteiger partial charge in [-0.1, -0.05) is 45.8 Å². The number of halogens is 1. The molecule has 1 aromatic carbocycles. The molecule has 3 nitrogen and oxygen atoms in total. The number of carbonyl (C=O) groups is 1. The lowest BCUT2D eigenvalue weighted by molar-refractivity contribution is -0.115. The van der Waals surface area contributed by atoms with Gasteiger partial charge in [0, 0.05) is 10.7 Å². The first-order valence-corrected chi connectivity index (χ1v) is 6.40. The number of benzene rings is 1. The van der Waals surface area contributed by atoms with Crippen LogP contribution in [-0.2, 0) is 11.2 Å². The Labute approximate surface area is 114 Å². The molecule has 0 aliphatic rings. The van der Waals surface area contributed by atoms with E-state index >= 15 is 0 Å². The first-order chi connectivity index (χ1) is 8.63. The molecule has 1 N–H and O–H groups in total. The molecule has 0 unspecified atom stereocenters. The first kappa shape index (κ1) is 12.8. The van der Waals surface area contributed by atoms with Crippen LogP contribution in [0, 0.1) is 6.92 Å². The molecule has 0 saturated carbocycles. The monoisotopic (exact) mass is 304 g/mol. The van der Waals surface area contributed by atoms with Crippen LogP contribution in [0.3, 0.4) is 0 Å². The van der Waals surface area contributed by atoms with Crippen LogP contribution in [0.15, 0.2) is 47.1 Å². The standard InChI is InChI=1S/C14H13BrN2O/c1-10-2-4-11(5-3-10)8-14(18)17-13-9-12(15)6-7-16-13/h2-7,9H,8H2,1H3,(H,16,17,18). The molecule has 2 aromatic rings. The summed E-state index contributed by atoms with van der Waals surface area (Å²) in [5.41, 5.74) is 2.18. The first-order valence-electron chi connectivity index (χ1n) is 5.60. The van der Waals surface area contributed by atoms with E-state index in [-0.39, 0.29) is 5.91 Å². The van der Waals surface area contributed by atoms with Crippen molar-refractivity contribution in [3.8, 4) is 0 Å². The van der Waals surface area contributed by atoms with Crippen LogP contribution in [0.5, 0.6) is 0 Å². The minimum atomic E-state index is -0.0653. The van der Waals surface area contributed by atoms with Gasteiger partial charge < -0.3 is 5.32 Å². The Bertz CT molecular complexity index is 552. The molecule has 18 heavy (non-hydrogen) atoms. The Morgan fingerprint density at radius 3 is 2.67 bits per heavy atom. The van der Waals surface area contributed by atoms with Crippen molar-refractivity contribution in [2.75, 3.05) is 5.32 Å². The zero-order chi connectivity index (χ0) is 13.0. The molecule has 1 amide bonds. The average Bonchev–Trinajstić information content (AvgIpc) is 2.32. The second-order valence-electron chi connectivity index (χ2n) is 4.07. The van der Waals surface area contributed by atoms with E-state index in [4.69, 9.17) is 0 Å². The molecule has 92 valence electrons. The maximum absolute atomic E-state index is 11.8. The van der Waals surface area contributed by atoms with Gasteiger partial charge in [0.2, 0.25) is 5.91 Å².